The van der Waals surface area contributed by atoms with Gasteiger partial charge >= 0.3 is 0 Å². The van der Waals surface area contributed by atoms with E-state index in [1.54, 1.807) is 0 Å². The molecule has 0 N–H and O–H groups in total. The van der Waals surface area contributed by atoms with Gasteiger partial charge in [-0.1, -0.05) is 48.5 Å². The van der Waals surface area contributed by atoms with Gasteiger partial charge in [0.2, 0.25) is 0 Å². The molecule has 24 heavy (non-hydrogen) atoms. The molecule has 0 heterocycles. The molecule has 2 atom stereocenters. The summed E-state index contributed by atoms with van der Waals surface area (Å²) in [5.41, 5.74) is 8.98. The van der Waals surface area contributed by atoms with Gasteiger partial charge in [-0.3, -0.25) is 9.59 Å². The van der Waals surface area contributed by atoms with Crippen LogP contribution < -0.4 is 0 Å². The van der Waals surface area contributed by atoms with Crippen LogP contribution in [0.15, 0.2) is 60.7 Å². The minimum Gasteiger partial charge on any atom is -0.298 e. The van der Waals surface area contributed by atoms with Crippen LogP contribution in [0.1, 0.15) is 65.9 Å². The third kappa shape index (κ3) is 1.60. The van der Waals surface area contributed by atoms with Crippen LogP contribution in [0.3, 0.4) is 0 Å². The number of benzene rings is 3. The van der Waals surface area contributed by atoms with Gasteiger partial charge in [0.15, 0.2) is 0 Å². The molecule has 0 radical (unpaired) electrons. The molecule has 3 aromatic rings. The maximum Gasteiger partial charge on any atom is 0.150 e. The standard InChI is InChI=1S/C22H14O2/c23-11-13-6-8-18-19(9-13)21-15-3-1-2-4-16(15)22(18)20-10-14(12-24)5-7-17(20)21/h1-12,21-22H/t21-,22-/m1/s1. The van der Waals surface area contributed by atoms with Gasteiger partial charge in [0, 0.05) is 23.0 Å². The Bertz CT molecular complexity index is 934. The van der Waals surface area contributed by atoms with Crippen molar-refractivity contribution in [3.63, 3.8) is 0 Å². The Balaban J connectivity index is 1.86. The van der Waals surface area contributed by atoms with Gasteiger partial charge in [-0.25, -0.2) is 0 Å². The summed E-state index contributed by atoms with van der Waals surface area (Å²) in [4.78, 5) is 22.5. The third-order valence-electron chi connectivity index (χ3n) is 5.36. The van der Waals surface area contributed by atoms with Gasteiger partial charge in [-0.05, 0) is 45.5 Å². The van der Waals surface area contributed by atoms with E-state index in [9.17, 15) is 9.59 Å². The molecule has 2 nitrogen and oxygen atoms in total. The fourth-order valence-electron chi connectivity index (χ4n) is 4.40. The number of rotatable bonds is 2. The Labute approximate surface area is 139 Å². The van der Waals surface area contributed by atoms with Crippen molar-refractivity contribution >= 4 is 12.6 Å². The van der Waals surface area contributed by atoms with Crippen LogP contribution in [0, 0.1) is 0 Å². The van der Waals surface area contributed by atoms with E-state index in [1.165, 1.54) is 33.4 Å². The molecular formula is C22H14O2. The molecule has 3 aromatic carbocycles. The molecule has 3 aliphatic rings. The smallest absolute Gasteiger partial charge is 0.150 e. The second kappa shape index (κ2) is 4.75. The lowest BCUT2D eigenvalue weighted by atomic mass is 9.61. The molecule has 0 spiro atoms. The average Bonchev–Trinajstić information content (AvgIpc) is 2.66. The first-order valence-electron chi connectivity index (χ1n) is 8.08. The molecule has 2 heteroatoms. The minimum absolute atomic E-state index is 0.136. The van der Waals surface area contributed by atoms with Crippen molar-refractivity contribution in [1.82, 2.24) is 0 Å². The predicted octanol–water partition coefficient (Wildman–Crippen LogP) is 4.30. The quantitative estimate of drug-likeness (QED) is 0.456. The molecule has 6 rings (SSSR count). The summed E-state index contributed by atoms with van der Waals surface area (Å²) >= 11 is 0. The van der Waals surface area contributed by atoms with Crippen LogP contribution in [0.4, 0.5) is 0 Å². The molecule has 0 saturated heterocycles. The fourth-order valence-corrected chi connectivity index (χ4v) is 4.40. The van der Waals surface area contributed by atoms with E-state index in [0.717, 1.165) is 12.6 Å². The first-order chi connectivity index (χ1) is 11.8. The SMILES string of the molecule is O=Cc1ccc2c(c1)[C@@H]1c3ccccc3[C@H]2c2cc(C=O)ccc21. The summed E-state index contributed by atoms with van der Waals surface area (Å²) in [6, 6.07) is 20.5. The lowest BCUT2D eigenvalue weighted by Gasteiger charge is -2.42. The highest BCUT2D eigenvalue weighted by atomic mass is 16.1. The van der Waals surface area contributed by atoms with Crippen molar-refractivity contribution in [1.29, 1.82) is 0 Å². The number of carbonyl (C=O) groups excluding carboxylic acids is 2. The largest absolute Gasteiger partial charge is 0.298 e. The van der Waals surface area contributed by atoms with Crippen molar-refractivity contribution in [3.05, 3.63) is 105 Å². The summed E-state index contributed by atoms with van der Waals surface area (Å²) in [7, 11) is 0. The van der Waals surface area contributed by atoms with Crippen molar-refractivity contribution in [2.24, 2.45) is 0 Å². The molecule has 0 aliphatic heterocycles. The lowest BCUT2D eigenvalue weighted by Crippen LogP contribution is -2.27. The van der Waals surface area contributed by atoms with E-state index in [-0.39, 0.29) is 11.8 Å². The van der Waals surface area contributed by atoms with E-state index < -0.39 is 0 Å². The Morgan fingerprint density at radius 2 is 0.958 bits per heavy atom. The molecule has 0 amide bonds. The normalized spacial score (nSPS) is 19.2. The first kappa shape index (κ1) is 13.4. The zero-order chi connectivity index (χ0) is 16.3. The Hall–Kier alpha value is -3.00. The van der Waals surface area contributed by atoms with Crippen LogP contribution >= 0.6 is 0 Å². The van der Waals surface area contributed by atoms with E-state index in [2.05, 4.69) is 36.4 Å². The molecule has 0 aromatic heterocycles. The molecular weight excluding hydrogens is 296 g/mol. The molecule has 0 fully saturated rings. The van der Waals surface area contributed by atoms with Gasteiger partial charge < -0.3 is 0 Å². The zero-order valence-corrected chi connectivity index (χ0v) is 12.9. The topological polar surface area (TPSA) is 34.1 Å². The summed E-state index contributed by atoms with van der Waals surface area (Å²) < 4.78 is 0. The van der Waals surface area contributed by atoms with Crippen molar-refractivity contribution < 1.29 is 9.59 Å². The predicted molar refractivity (Wildman–Crippen MR) is 92.0 cm³/mol. The summed E-state index contributed by atoms with van der Waals surface area (Å²) in [6.45, 7) is 0. The second-order valence-corrected chi connectivity index (χ2v) is 6.51. The first-order valence-corrected chi connectivity index (χ1v) is 8.08. The highest BCUT2D eigenvalue weighted by molar-refractivity contribution is 5.80. The van der Waals surface area contributed by atoms with Crippen LogP contribution in [-0.4, -0.2) is 12.6 Å². The van der Waals surface area contributed by atoms with E-state index >= 15 is 0 Å². The lowest BCUT2D eigenvalue weighted by molar-refractivity contribution is 0.111. The number of hydrogen-bond donors (Lipinski definition) is 0. The Morgan fingerprint density at radius 1 is 0.542 bits per heavy atom. The third-order valence-corrected chi connectivity index (χ3v) is 5.36. The monoisotopic (exact) mass is 310 g/mol. The highest BCUT2D eigenvalue weighted by Gasteiger charge is 2.41. The molecule has 3 aliphatic carbocycles. The highest BCUT2D eigenvalue weighted by Crippen LogP contribution is 2.55. The molecule has 114 valence electrons. The average molecular weight is 310 g/mol. The zero-order valence-electron chi connectivity index (χ0n) is 12.9. The van der Waals surface area contributed by atoms with Crippen molar-refractivity contribution in [3.8, 4) is 0 Å². The van der Waals surface area contributed by atoms with E-state index in [1.807, 2.05) is 24.3 Å². The van der Waals surface area contributed by atoms with Gasteiger partial charge in [-0.15, -0.1) is 0 Å². The number of aldehydes is 2. The maximum atomic E-state index is 11.2. The maximum absolute atomic E-state index is 11.2. The van der Waals surface area contributed by atoms with Crippen molar-refractivity contribution in [2.75, 3.05) is 0 Å². The van der Waals surface area contributed by atoms with Gasteiger partial charge in [-0.2, -0.15) is 0 Å². The Kier molecular flexibility index (Phi) is 2.66. The molecule has 0 unspecified atom stereocenters. The van der Waals surface area contributed by atoms with Crippen molar-refractivity contribution in [2.45, 2.75) is 11.8 Å². The number of carbonyl (C=O) groups is 2. The van der Waals surface area contributed by atoms with Crippen LogP contribution in [0.2, 0.25) is 0 Å². The summed E-state index contributed by atoms with van der Waals surface area (Å²) in [5, 5.41) is 0. The minimum atomic E-state index is 0.136. The van der Waals surface area contributed by atoms with Crippen LogP contribution in [0.25, 0.3) is 0 Å². The summed E-state index contributed by atoms with van der Waals surface area (Å²) in [6.07, 6.45) is 1.82. The van der Waals surface area contributed by atoms with Crippen LogP contribution in [0.5, 0.6) is 0 Å². The fraction of sp³-hybridized carbons (Fsp3) is 0.0909. The Morgan fingerprint density at radius 3 is 1.38 bits per heavy atom. The molecule has 0 saturated carbocycles. The van der Waals surface area contributed by atoms with Gasteiger partial charge in [0.1, 0.15) is 12.6 Å². The molecule has 2 bridgehead atoms. The number of hydrogen-bond acceptors (Lipinski definition) is 2. The van der Waals surface area contributed by atoms with Crippen LogP contribution in [-0.2, 0) is 0 Å². The summed E-state index contributed by atoms with van der Waals surface area (Å²) in [5.74, 6) is 0.272. The van der Waals surface area contributed by atoms with Gasteiger partial charge in [0.05, 0.1) is 0 Å². The second-order valence-electron chi connectivity index (χ2n) is 6.51. The van der Waals surface area contributed by atoms with E-state index in [0.29, 0.717) is 11.1 Å². The van der Waals surface area contributed by atoms with E-state index in [4.69, 9.17) is 0 Å². The van der Waals surface area contributed by atoms with Gasteiger partial charge in [0.25, 0.3) is 0 Å².